The highest BCUT2D eigenvalue weighted by molar-refractivity contribution is 5.90. The van der Waals surface area contributed by atoms with Gasteiger partial charge in [-0.25, -0.2) is 23.4 Å². The predicted molar refractivity (Wildman–Crippen MR) is 100 cm³/mol. The van der Waals surface area contributed by atoms with Crippen LogP contribution in [0.3, 0.4) is 0 Å². The number of pyridine rings is 2. The molecule has 1 atom stereocenters. The Morgan fingerprint density at radius 1 is 1.34 bits per heavy atom. The minimum atomic E-state index is -2.69. The van der Waals surface area contributed by atoms with Gasteiger partial charge in [0.25, 0.3) is 6.43 Å². The second-order valence-electron chi connectivity index (χ2n) is 6.81. The number of ether oxygens (including phenoxy) is 2. The van der Waals surface area contributed by atoms with Crippen LogP contribution in [0, 0.1) is 0 Å². The van der Waals surface area contributed by atoms with E-state index in [9.17, 15) is 13.6 Å². The number of fused-ring (bicyclic) bond motifs is 1. The van der Waals surface area contributed by atoms with Gasteiger partial charge in [-0.3, -0.25) is 4.79 Å². The molecular formula is C19H19F2N5O3. The molecular weight excluding hydrogens is 384 g/mol. The van der Waals surface area contributed by atoms with E-state index in [0.29, 0.717) is 35.4 Å². The molecule has 3 aromatic rings. The third kappa shape index (κ3) is 3.56. The fourth-order valence-electron chi connectivity index (χ4n) is 3.37. The van der Waals surface area contributed by atoms with Gasteiger partial charge in [-0.2, -0.15) is 5.10 Å². The molecule has 0 unspecified atom stereocenters. The van der Waals surface area contributed by atoms with Crippen LogP contribution in [-0.2, 0) is 19.9 Å². The van der Waals surface area contributed by atoms with Crippen LogP contribution in [0.15, 0.2) is 30.6 Å². The molecule has 3 aromatic heterocycles. The number of aromatic nitrogens is 4. The number of methoxy groups -OCH3 is 1. The molecule has 1 saturated heterocycles. The smallest absolute Gasteiger partial charge is 0.264 e. The van der Waals surface area contributed by atoms with Crippen LogP contribution < -0.4 is 5.32 Å². The lowest BCUT2D eigenvalue weighted by molar-refractivity contribution is -0.114. The average molecular weight is 403 g/mol. The Hall–Kier alpha value is -2.98. The van der Waals surface area contributed by atoms with Crippen molar-refractivity contribution in [2.45, 2.75) is 25.4 Å². The number of carbonyl (C=O) groups excluding carboxylic acids is 1. The van der Waals surface area contributed by atoms with Crippen molar-refractivity contribution >= 4 is 22.6 Å². The second kappa shape index (κ2) is 7.45. The largest absolute Gasteiger partial charge is 0.378 e. The number of rotatable bonds is 5. The SMILES string of the molecule is CO[C@]1(c2cc(C(F)F)cc(-n3ncc4cnc(NC(C)=O)cc43)n2)CCOC1. The Kier molecular flexibility index (Phi) is 4.97. The van der Waals surface area contributed by atoms with E-state index in [0.717, 1.165) is 0 Å². The average Bonchev–Trinajstić information content (AvgIpc) is 3.34. The van der Waals surface area contributed by atoms with Crippen molar-refractivity contribution in [3.63, 3.8) is 0 Å². The number of halogens is 2. The molecule has 29 heavy (non-hydrogen) atoms. The lowest BCUT2D eigenvalue weighted by atomic mass is 9.96. The molecule has 1 amide bonds. The summed E-state index contributed by atoms with van der Waals surface area (Å²) in [6, 6.07) is 4.26. The summed E-state index contributed by atoms with van der Waals surface area (Å²) < 4.78 is 39.7. The van der Waals surface area contributed by atoms with Gasteiger partial charge < -0.3 is 14.8 Å². The molecule has 4 heterocycles. The number of alkyl halides is 2. The van der Waals surface area contributed by atoms with E-state index in [-0.39, 0.29) is 23.9 Å². The number of anilines is 1. The van der Waals surface area contributed by atoms with Gasteiger partial charge in [-0.1, -0.05) is 0 Å². The summed E-state index contributed by atoms with van der Waals surface area (Å²) in [7, 11) is 1.51. The number of carbonyl (C=O) groups is 1. The van der Waals surface area contributed by atoms with Gasteiger partial charge in [0.2, 0.25) is 5.91 Å². The fraction of sp³-hybridized carbons (Fsp3) is 0.368. The maximum Gasteiger partial charge on any atom is 0.264 e. The molecule has 1 fully saturated rings. The summed E-state index contributed by atoms with van der Waals surface area (Å²) in [5.74, 6) is 0.275. The predicted octanol–water partition coefficient (Wildman–Crippen LogP) is 2.97. The Labute approximate surface area is 164 Å². The van der Waals surface area contributed by atoms with E-state index in [4.69, 9.17) is 9.47 Å². The van der Waals surface area contributed by atoms with Crippen LogP contribution in [-0.4, -0.2) is 46.0 Å². The molecule has 8 nitrogen and oxygen atoms in total. The minimum Gasteiger partial charge on any atom is -0.378 e. The molecule has 0 bridgehead atoms. The van der Waals surface area contributed by atoms with Crippen molar-refractivity contribution < 1.29 is 23.0 Å². The number of nitrogens with one attached hydrogen (secondary N) is 1. The van der Waals surface area contributed by atoms with Gasteiger partial charge in [0.05, 0.1) is 24.0 Å². The zero-order valence-electron chi connectivity index (χ0n) is 15.9. The topological polar surface area (TPSA) is 91.2 Å². The summed E-state index contributed by atoms with van der Waals surface area (Å²) in [6.07, 6.45) is 0.925. The van der Waals surface area contributed by atoms with Gasteiger partial charge in [-0.15, -0.1) is 0 Å². The molecule has 10 heteroatoms. The van der Waals surface area contributed by atoms with Crippen molar-refractivity contribution in [1.29, 1.82) is 0 Å². The van der Waals surface area contributed by atoms with Gasteiger partial charge in [-0.05, 0) is 12.1 Å². The van der Waals surface area contributed by atoms with Crippen molar-refractivity contribution in [3.05, 3.63) is 41.9 Å². The molecule has 4 rings (SSSR count). The Morgan fingerprint density at radius 3 is 2.83 bits per heavy atom. The first kappa shape index (κ1) is 19.3. The molecule has 1 aliphatic rings. The summed E-state index contributed by atoms with van der Waals surface area (Å²) in [5.41, 5.74) is -0.133. The zero-order chi connectivity index (χ0) is 20.6. The third-order valence-corrected chi connectivity index (χ3v) is 4.90. The Bertz CT molecular complexity index is 1060. The number of hydrogen-bond acceptors (Lipinski definition) is 6. The van der Waals surface area contributed by atoms with Crippen molar-refractivity contribution in [2.75, 3.05) is 25.6 Å². The monoisotopic (exact) mass is 403 g/mol. The van der Waals surface area contributed by atoms with E-state index < -0.39 is 12.0 Å². The molecule has 1 aliphatic heterocycles. The van der Waals surface area contributed by atoms with E-state index >= 15 is 0 Å². The second-order valence-corrected chi connectivity index (χ2v) is 6.81. The van der Waals surface area contributed by atoms with Gasteiger partial charge in [0.15, 0.2) is 5.82 Å². The molecule has 0 saturated carbocycles. The number of amides is 1. The van der Waals surface area contributed by atoms with E-state index in [1.54, 1.807) is 18.5 Å². The molecule has 152 valence electrons. The highest BCUT2D eigenvalue weighted by atomic mass is 19.3. The molecule has 0 aromatic carbocycles. The summed E-state index contributed by atoms with van der Waals surface area (Å²) in [5, 5.41) is 7.56. The van der Waals surface area contributed by atoms with Crippen LogP contribution in [0.2, 0.25) is 0 Å². The summed E-state index contributed by atoms with van der Waals surface area (Å²) >= 11 is 0. The normalized spacial score (nSPS) is 19.2. The summed E-state index contributed by atoms with van der Waals surface area (Å²) in [6.45, 7) is 2.07. The van der Waals surface area contributed by atoms with Crippen LogP contribution in [0.5, 0.6) is 0 Å². The number of hydrogen-bond donors (Lipinski definition) is 1. The third-order valence-electron chi connectivity index (χ3n) is 4.90. The standard InChI is InChI=1S/C19H19F2N5O3/c1-11(27)24-16-7-14-13(8-22-16)9-23-26(14)17-6-12(18(20)21)5-15(25-17)19(28-2)3-4-29-10-19/h5-9,18H,3-4,10H2,1-2H3,(H,22,24,27)/t19-/m1/s1. The first-order valence-corrected chi connectivity index (χ1v) is 8.97. The van der Waals surface area contributed by atoms with Gasteiger partial charge in [0.1, 0.15) is 11.4 Å². The molecule has 1 N–H and O–H groups in total. The van der Waals surface area contributed by atoms with E-state index in [2.05, 4.69) is 20.4 Å². The van der Waals surface area contributed by atoms with Crippen molar-refractivity contribution in [1.82, 2.24) is 19.7 Å². The van der Waals surface area contributed by atoms with E-state index in [1.807, 2.05) is 0 Å². The van der Waals surface area contributed by atoms with E-state index in [1.165, 1.54) is 30.8 Å². The fourth-order valence-corrected chi connectivity index (χ4v) is 3.37. The Morgan fingerprint density at radius 2 is 2.17 bits per heavy atom. The quantitative estimate of drug-likeness (QED) is 0.704. The first-order valence-electron chi connectivity index (χ1n) is 8.97. The lowest BCUT2D eigenvalue weighted by Crippen LogP contribution is -2.30. The number of nitrogens with zero attached hydrogens (tertiary/aromatic N) is 4. The van der Waals surface area contributed by atoms with Gasteiger partial charge >= 0.3 is 0 Å². The molecule has 0 aliphatic carbocycles. The maximum atomic E-state index is 13.6. The first-order chi connectivity index (χ1) is 13.9. The zero-order valence-corrected chi connectivity index (χ0v) is 15.9. The minimum absolute atomic E-state index is 0.187. The van der Waals surface area contributed by atoms with Crippen LogP contribution in [0.4, 0.5) is 14.6 Å². The van der Waals surface area contributed by atoms with Crippen LogP contribution >= 0.6 is 0 Å². The van der Waals surface area contributed by atoms with Crippen molar-refractivity contribution in [2.24, 2.45) is 0 Å². The van der Waals surface area contributed by atoms with Gasteiger partial charge in [0, 0.05) is 50.3 Å². The summed E-state index contributed by atoms with van der Waals surface area (Å²) in [4.78, 5) is 20.0. The highest BCUT2D eigenvalue weighted by Crippen LogP contribution is 2.35. The highest BCUT2D eigenvalue weighted by Gasteiger charge is 2.39. The van der Waals surface area contributed by atoms with Crippen LogP contribution in [0.25, 0.3) is 16.7 Å². The maximum absolute atomic E-state index is 13.6. The van der Waals surface area contributed by atoms with Crippen LogP contribution in [0.1, 0.15) is 31.0 Å². The van der Waals surface area contributed by atoms with Crippen molar-refractivity contribution in [3.8, 4) is 5.82 Å². The molecule has 0 spiro atoms. The lowest BCUT2D eigenvalue weighted by Gasteiger charge is -2.26. The molecule has 0 radical (unpaired) electrons. The Balaban J connectivity index is 1.87.